The van der Waals surface area contributed by atoms with Crippen molar-refractivity contribution in [3.8, 4) is 0 Å². The summed E-state index contributed by atoms with van der Waals surface area (Å²) in [5.41, 5.74) is 0.0772. The first-order valence-corrected chi connectivity index (χ1v) is 12.0. The van der Waals surface area contributed by atoms with E-state index in [1.807, 2.05) is 0 Å². The molecule has 0 bridgehead atoms. The number of anilines is 1. The fourth-order valence-electron chi connectivity index (χ4n) is 2.49. The Morgan fingerprint density at radius 2 is 1.63 bits per heavy atom. The lowest BCUT2D eigenvalue weighted by molar-refractivity contribution is 0.102. The molecule has 0 saturated heterocycles. The van der Waals surface area contributed by atoms with Crippen LogP contribution in [0.5, 0.6) is 0 Å². The average Bonchev–Trinajstić information content (AvgIpc) is 3.14. The third kappa shape index (κ3) is 4.74. The highest BCUT2D eigenvalue weighted by Crippen LogP contribution is 2.19. The Kier molecular flexibility index (Phi) is 6.04. The van der Waals surface area contributed by atoms with Crippen LogP contribution >= 0.6 is 0 Å². The van der Waals surface area contributed by atoms with Gasteiger partial charge >= 0.3 is 6.01 Å². The maximum atomic E-state index is 12.4. The molecular weight excluding hydrogens is 430 g/mol. The second-order valence-corrected chi connectivity index (χ2v) is 11.1. The highest BCUT2D eigenvalue weighted by molar-refractivity contribution is 7.92. The van der Waals surface area contributed by atoms with Crippen molar-refractivity contribution < 1.29 is 26.0 Å². The molecule has 0 unspecified atom stereocenters. The minimum absolute atomic E-state index is 0.0188. The number of hydrogen-bond acceptors (Lipinski definition) is 8. The molecule has 158 valence electrons. The van der Waals surface area contributed by atoms with Crippen molar-refractivity contribution in [1.82, 2.24) is 10.2 Å². The van der Waals surface area contributed by atoms with Crippen molar-refractivity contribution in [2.75, 3.05) is 5.32 Å². The number of sulfone groups is 2. The predicted octanol–water partition coefficient (Wildman–Crippen LogP) is 2.48. The molecule has 0 fully saturated rings. The minimum Gasteiger partial charge on any atom is -0.407 e. The van der Waals surface area contributed by atoms with Gasteiger partial charge in [-0.2, -0.15) is 0 Å². The van der Waals surface area contributed by atoms with Crippen molar-refractivity contribution >= 4 is 31.6 Å². The van der Waals surface area contributed by atoms with E-state index in [0.29, 0.717) is 0 Å². The number of nitrogens with one attached hydrogen (secondary N) is 1. The molecule has 1 amide bonds. The van der Waals surface area contributed by atoms with Crippen LogP contribution in [0.2, 0.25) is 0 Å². The number of rotatable bonds is 7. The van der Waals surface area contributed by atoms with E-state index >= 15 is 0 Å². The highest BCUT2D eigenvalue weighted by atomic mass is 32.2. The lowest BCUT2D eigenvalue weighted by Crippen LogP contribution is -2.16. The smallest absolute Gasteiger partial charge is 0.322 e. The molecule has 1 N–H and O–H groups in total. The molecule has 9 nitrogen and oxygen atoms in total. The molecule has 0 radical (unpaired) electrons. The minimum atomic E-state index is -3.69. The van der Waals surface area contributed by atoms with Crippen LogP contribution in [0.15, 0.2) is 68.8 Å². The maximum absolute atomic E-state index is 12.4. The monoisotopic (exact) mass is 449 g/mol. The van der Waals surface area contributed by atoms with E-state index in [2.05, 4.69) is 15.5 Å². The van der Waals surface area contributed by atoms with Crippen LogP contribution in [0.3, 0.4) is 0 Å². The molecule has 0 atom stereocenters. The predicted molar refractivity (Wildman–Crippen MR) is 108 cm³/mol. The Bertz CT molecular complexity index is 1270. The molecule has 0 saturated carbocycles. The van der Waals surface area contributed by atoms with Gasteiger partial charge in [0.2, 0.25) is 5.89 Å². The van der Waals surface area contributed by atoms with Crippen molar-refractivity contribution in [3.63, 3.8) is 0 Å². The molecular formula is C19H19N3O6S2. The number of carbonyl (C=O) groups is 1. The van der Waals surface area contributed by atoms with Gasteiger partial charge in [-0.25, -0.2) is 16.8 Å². The number of hydrogen-bond donors (Lipinski definition) is 1. The summed E-state index contributed by atoms with van der Waals surface area (Å²) in [6.45, 7) is 3.09. The SMILES string of the molecule is CC(C)S(=O)(=O)c1cccc(C(=O)Nc2nnc(CS(=O)(=O)c3ccccc3)o2)c1. The largest absolute Gasteiger partial charge is 0.407 e. The summed E-state index contributed by atoms with van der Waals surface area (Å²) in [6.07, 6.45) is 0. The topological polar surface area (TPSA) is 136 Å². The van der Waals surface area contributed by atoms with E-state index in [1.54, 1.807) is 32.0 Å². The van der Waals surface area contributed by atoms with Gasteiger partial charge in [-0.1, -0.05) is 29.4 Å². The summed E-state index contributed by atoms with van der Waals surface area (Å²) in [7, 11) is -7.23. The zero-order valence-corrected chi connectivity index (χ0v) is 17.8. The van der Waals surface area contributed by atoms with Gasteiger partial charge in [-0.3, -0.25) is 10.1 Å². The Morgan fingerprint density at radius 3 is 2.30 bits per heavy atom. The third-order valence-electron chi connectivity index (χ3n) is 4.15. The van der Waals surface area contributed by atoms with E-state index in [9.17, 15) is 21.6 Å². The van der Waals surface area contributed by atoms with Crippen molar-refractivity contribution in [2.45, 2.75) is 34.6 Å². The van der Waals surface area contributed by atoms with E-state index in [1.165, 1.54) is 36.4 Å². The van der Waals surface area contributed by atoms with Crippen LogP contribution in [0.4, 0.5) is 6.01 Å². The fourth-order valence-corrected chi connectivity index (χ4v) is 4.78. The quantitative estimate of drug-likeness (QED) is 0.581. The van der Waals surface area contributed by atoms with Gasteiger partial charge in [0.25, 0.3) is 5.91 Å². The van der Waals surface area contributed by atoms with Crippen LogP contribution in [-0.4, -0.2) is 38.2 Å². The first-order chi connectivity index (χ1) is 14.1. The van der Waals surface area contributed by atoms with Crippen molar-refractivity contribution in [2.24, 2.45) is 0 Å². The molecule has 11 heteroatoms. The number of nitrogens with zero attached hydrogens (tertiary/aromatic N) is 2. The van der Waals surface area contributed by atoms with Crippen LogP contribution in [0.1, 0.15) is 30.1 Å². The molecule has 2 aromatic carbocycles. The van der Waals surface area contributed by atoms with E-state index in [0.717, 1.165) is 0 Å². The molecule has 3 aromatic rings. The Hall–Kier alpha value is -3.05. The van der Waals surface area contributed by atoms with E-state index < -0.39 is 36.6 Å². The molecule has 1 heterocycles. The zero-order valence-electron chi connectivity index (χ0n) is 16.1. The first kappa shape index (κ1) is 21.7. The summed E-state index contributed by atoms with van der Waals surface area (Å²) >= 11 is 0. The number of amides is 1. The molecule has 0 spiro atoms. The van der Waals surface area contributed by atoms with Gasteiger partial charge in [0.15, 0.2) is 19.7 Å². The third-order valence-corrected chi connectivity index (χ3v) is 7.92. The van der Waals surface area contributed by atoms with Crippen molar-refractivity contribution in [1.29, 1.82) is 0 Å². The second kappa shape index (κ2) is 8.36. The van der Waals surface area contributed by atoms with Gasteiger partial charge in [0.1, 0.15) is 5.75 Å². The van der Waals surface area contributed by atoms with Gasteiger partial charge in [-0.05, 0) is 44.2 Å². The summed E-state index contributed by atoms with van der Waals surface area (Å²) in [6, 6.07) is 13.0. The fraction of sp³-hybridized carbons (Fsp3) is 0.211. The normalized spacial score (nSPS) is 12.1. The number of benzene rings is 2. The highest BCUT2D eigenvalue weighted by Gasteiger charge is 2.22. The molecule has 0 aliphatic carbocycles. The standard InChI is InChI=1S/C19H19N3O6S2/c1-13(2)30(26,27)16-10-6-7-14(11-16)18(23)20-19-22-21-17(28-19)12-29(24,25)15-8-4-3-5-9-15/h3-11,13H,12H2,1-2H3,(H,20,22,23). The molecule has 1 aromatic heterocycles. The first-order valence-electron chi connectivity index (χ1n) is 8.85. The summed E-state index contributed by atoms with van der Waals surface area (Å²) in [5, 5.41) is 8.98. The number of carbonyl (C=O) groups excluding carboxylic acids is 1. The van der Waals surface area contributed by atoms with Gasteiger partial charge in [0, 0.05) is 5.56 Å². The maximum Gasteiger partial charge on any atom is 0.322 e. The van der Waals surface area contributed by atoms with Crippen LogP contribution in [-0.2, 0) is 25.4 Å². The summed E-state index contributed by atoms with van der Waals surface area (Å²) in [5.74, 6) is -1.38. The molecule has 3 rings (SSSR count). The lowest BCUT2D eigenvalue weighted by atomic mass is 10.2. The summed E-state index contributed by atoms with van der Waals surface area (Å²) < 4.78 is 54.5. The molecule has 0 aliphatic heterocycles. The van der Waals surface area contributed by atoms with Gasteiger partial charge in [0.05, 0.1) is 15.0 Å². The van der Waals surface area contributed by atoms with Crippen LogP contribution in [0.25, 0.3) is 0 Å². The Balaban J connectivity index is 1.74. The molecule has 30 heavy (non-hydrogen) atoms. The Labute approximate surface area is 174 Å². The van der Waals surface area contributed by atoms with Crippen LogP contribution < -0.4 is 5.32 Å². The summed E-state index contributed by atoms with van der Waals surface area (Å²) in [4.78, 5) is 12.6. The average molecular weight is 450 g/mol. The zero-order chi connectivity index (χ0) is 21.9. The Morgan fingerprint density at radius 1 is 0.967 bits per heavy atom. The van der Waals surface area contributed by atoms with E-state index in [-0.39, 0.29) is 27.3 Å². The van der Waals surface area contributed by atoms with Gasteiger partial charge in [-0.15, -0.1) is 5.10 Å². The van der Waals surface area contributed by atoms with E-state index in [4.69, 9.17) is 4.42 Å². The molecule has 0 aliphatic rings. The number of aromatic nitrogens is 2. The lowest BCUT2D eigenvalue weighted by Gasteiger charge is -2.09. The van der Waals surface area contributed by atoms with Crippen LogP contribution in [0, 0.1) is 0 Å². The van der Waals surface area contributed by atoms with Gasteiger partial charge < -0.3 is 4.42 Å². The second-order valence-electron chi connectivity index (χ2n) is 6.65. The van der Waals surface area contributed by atoms with Crippen molar-refractivity contribution in [3.05, 3.63) is 66.1 Å².